The molecule has 0 aliphatic heterocycles. The van der Waals surface area contributed by atoms with Crippen LogP contribution in [0.25, 0.3) is 0 Å². The van der Waals surface area contributed by atoms with Crippen molar-refractivity contribution in [3.8, 4) is 0 Å². The summed E-state index contributed by atoms with van der Waals surface area (Å²) >= 11 is 0. The summed E-state index contributed by atoms with van der Waals surface area (Å²) in [5.74, 6) is 1.41. The van der Waals surface area contributed by atoms with Gasteiger partial charge in [0.15, 0.2) is 5.82 Å². The molecule has 0 aromatic carbocycles. The third kappa shape index (κ3) is 2.74. The second kappa shape index (κ2) is 5.14. The quantitative estimate of drug-likeness (QED) is 0.857. The van der Waals surface area contributed by atoms with Gasteiger partial charge in [0, 0.05) is 24.4 Å². The molecule has 0 spiro atoms. The first kappa shape index (κ1) is 11.9. The third-order valence-corrected chi connectivity index (χ3v) is 2.62. The average Bonchev–Trinajstić information content (AvgIpc) is 2.89. The monoisotopic (exact) mass is 234 g/mol. The molecule has 2 rings (SSSR count). The molecule has 92 valence electrons. The maximum atomic E-state index is 5.88. The molecular weight excluding hydrogens is 216 g/mol. The number of nitrogens with two attached hydrogens (primary N) is 1. The van der Waals surface area contributed by atoms with Gasteiger partial charge in [-0.05, 0) is 25.5 Å². The Morgan fingerprint density at radius 2 is 2.35 bits per heavy atom. The summed E-state index contributed by atoms with van der Waals surface area (Å²) in [4.78, 5) is 4.34. The van der Waals surface area contributed by atoms with E-state index in [4.69, 9.17) is 10.3 Å². The summed E-state index contributed by atoms with van der Waals surface area (Å²) in [5, 5.41) is 3.93. The maximum Gasteiger partial charge on any atom is 0.246 e. The Bertz CT molecular complexity index is 472. The Morgan fingerprint density at radius 1 is 1.53 bits per heavy atom. The normalized spacial score (nSPS) is 12.9. The molecule has 0 radical (unpaired) electrons. The van der Waals surface area contributed by atoms with Crippen LogP contribution >= 0.6 is 0 Å². The minimum absolute atomic E-state index is 0.00281. The van der Waals surface area contributed by atoms with E-state index >= 15 is 0 Å². The van der Waals surface area contributed by atoms with E-state index in [2.05, 4.69) is 17.1 Å². The highest BCUT2D eigenvalue weighted by Gasteiger charge is 2.10. The van der Waals surface area contributed by atoms with Crippen LogP contribution in [0.5, 0.6) is 0 Å². The van der Waals surface area contributed by atoms with Crippen LogP contribution in [0.1, 0.15) is 43.7 Å². The molecule has 0 saturated carbocycles. The summed E-state index contributed by atoms with van der Waals surface area (Å²) in [5.41, 5.74) is 6.95. The zero-order valence-electron chi connectivity index (χ0n) is 10.3. The van der Waals surface area contributed by atoms with Crippen LogP contribution in [0, 0.1) is 0 Å². The standard InChI is InChI=1S/C12H18N4O/c1-3-5-11-14-12(17-15-11)8-16-7-4-6-10(16)9(2)13/h4,6-7,9H,3,5,8,13H2,1-2H3. The van der Waals surface area contributed by atoms with Crippen molar-refractivity contribution >= 4 is 0 Å². The lowest BCUT2D eigenvalue weighted by Crippen LogP contribution is -2.12. The van der Waals surface area contributed by atoms with Crippen molar-refractivity contribution in [2.45, 2.75) is 39.3 Å². The second-order valence-electron chi connectivity index (χ2n) is 4.20. The largest absolute Gasteiger partial charge is 0.341 e. The van der Waals surface area contributed by atoms with Crippen molar-refractivity contribution in [2.24, 2.45) is 5.73 Å². The lowest BCUT2D eigenvalue weighted by atomic mass is 10.2. The molecule has 17 heavy (non-hydrogen) atoms. The fourth-order valence-corrected chi connectivity index (χ4v) is 1.81. The molecule has 5 nitrogen and oxygen atoms in total. The molecular formula is C12H18N4O. The van der Waals surface area contributed by atoms with E-state index in [1.807, 2.05) is 29.8 Å². The highest BCUT2D eigenvalue weighted by Crippen LogP contribution is 2.12. The molecule has 0 bridgehead atoms. The van der Waals surface area contributed by atoms with Crippen LogP contribution in [-0.2, 0) is 13.0 Å². The summed E-state index contributed by atoms with van der Waals surface area (Å²) in [6, 6.07) is 3.98. The Hall–Kier alpha value is -1.62. The molecule has 5 heteroatoms. The summed E-state index contributed by atoms with van der Waals surface area (Å²) in [7, 11) is 0. The zero-order chi connectivity index (χ0) is 12.3. The molecule has 0 aliphatic rings. The van der Waals surface area contributed by atoms with Gasteiger partial charge in [0.1, 0.15) is 6.54 Å². The Balaban J connectivity index is 2.11. The number of rotatable bonds is 5. The van der Waals surface area contributed by atoms with Gasteiger partial charge in [-0.3, -0.25) is 0 Å². The summed E-state index contributed by atoms with van der Waals surface area (Å²) in [6.07, 6.45) is 3.85. The first-order valence-corrected chi connectivity index (χ1v) is 5.92. The highest BCUT2D eigenvalue weighted by molar-refractivity contribution is 5.11. The molecule has 0 saturated heterocycles. The van der Waals surface area contributed by atoms with Gasteiger partial charge in [0.25, 0.3) is 0 Å². The van der Waals surface area contributed by atoms with E-state index in [1.54, 1.807) is 0 Å². The van der Waals surface area contributed by atoms with Crippen molar-refractivity contribution in [3.05, 3.63) is 35.7 Å². The van der Waals surface area contributed by atoms with Crippen LogP contribution in [0.3, 0.4) is 0 Å². The van der Waals surface area contributed by atoms with Crippen molar-refractivity contribution in [1.82, 2.24) is 14.7 Å². The molecule has 2 aromatic rings. The van der Waals surface area contributed by atoms with E-state index in [9.17, 15) is 0 Å². The SMILES string of the molecule is CCCc1noc(Cn2cccc2C(C)N)n1. The lowest BCUT2D eigenvalue weighted by Gasteiger charge is -2.09. The average molecular weight is 234 g/mol. The molecule has 1 unspecified atom stereocenters. The topological polar surface area (TPSA) is 69.9 Å². The fraction of sp³-hybridized carbons (Fsp3) is 0.500. The van der Waals surface area contributed by atoms with Crippen molar-refractivity contribution in [3.63, 3.8) is 0 Å². The number of aromatic nitrogens is 3. The van der Waals surface area contributed by atoms with Gasteiger partial charge in [-0.15, -0.1) is 0 Å². The van der Waals surface area contributed by atoms with Crippen LogP contribution < -0.4 is 5.73 Å². The lowest BCUT2D eigenvalue weighted by molar-refractivity contribution is 0.364. The summed E-state index contributed by atoms with van der Waals surface area (Å²) < 4.78 is 7.24. The van der Waals surface area contributed by atoms with Crippen molar-refractivity contribution in [1.29, 1.82) is 0 Å². The smallest absolute Gasteiger partial charge is 0.246 e. The minimum atomic E-state index is 0.00281. The minimum Gasteiger partial charge on any atom is -0.341 e. The van der Waals surface area contributed by atoms with Gasteiger partial charge in [-0.1, -0.05) is 12.1 Å². The van der Waals surface area contributed by atoms with Crippen LogP contribution in [0.2, 0.25) is 0 Å². The van der Waals surface area contributed by atoms with Crippen LogP contribution in [0.4, 0.5) is 0 Å². The first-order chi connectivity index (χ1) is 8.20. The van der Waals surface area contributed by atoms with E-state index in [1.165, 1.54) is 0 Å². The highest BCUT2D eigenvalue weighted by atomic mass is 16.5. The van der Waals surface area contributed by atoms with E-state index in [0.29, 0.717) is 12.4 Å². The van der Waals surface area contributed by atoms with Crippen molar-refractivity contribution in [2.75, 3.05) is 0 Å². The van der Waals surface area contributed by atoms with Crippen LogP contribution in [-0.4, -0.2) is 14.7 Å². The van der Waals surface area contributed by atoms with Gasteiger partial charge in [-0.2, -0.15) is 4.98 Å². The molecule has 0 fully saturated rings. The molecule has 2 N–H and O–H groups in total. The van der Waals surface area contributed by atoms with Gasteiger partial charge in [0.05, 0.1) is 0 Å². The number of hydrogen-bond donors (Lipinski definition) is 1. The van der Waals surface area contributed by atoms with Gasteiger partial charge in [0.2, 0.25) is 5.89 Å². The van der Waals surface area contributed by atoms with E-state index < -0.39 is 0 Å². The second-order valence-corrected chi connectivity index (χ2v) is 4.20. The molecule has 1 atom stereocenters. The number of hydrogen-bond acceptors (Lipinski definition) is 4. The maximum absolute atomic E-state index is 5.88. The molecule has 2 aromatic heterocycles. The third-order valence-electron chi connectivity index (χ3n) is 2.62. The summed E-state index contributed by atoms with van der Waals surface area (Å²) in [6.45, 7) is 4.64. The number of nitrogens with zero attached hydrogens (tertiary/aromatic N) is 3. The fourth-order valence-electron chi connectivity index (χ4n) is 1.81. The van der Waals surface area contributed by atoms with Crippen LogP contribution in [0.15, 0.2) is 22.9 Å². The predicted octanol–water partition coefficient (Wildman–Crippen LogP) is 1.89. The van der Waals surface area contributed by atoms with E-state index in [-0.39, 0.29) is 6.04 Å². The van der Waals surface area contributed by atoms with Gasteiger partial charge >= 0.3 is 0 Å². The Labute approximate surface area is 101 Å². The molecule has 2 heterocycles. The predicted molar refractivity (Wildman–Crippen MR) is 64.4 cm³/mol. The Morgan fingerprint density at radius 3 is 3.06 bits per heavy atom. The molecule has 0 aliphatic carbocycles. The van der Waals surface area contributed by atoms with Gasteiger partial charge < -0.3 is 14.8 Å². The van der Waals surface area contributed by atoms with E-state index in [0.717, 1.165) is 24.4 Å². The van der Waals surface area contributed by atoms with Gasteiger partial charge in [-0.25, -0.2) is 0 Å². The first-order valence-electron chi connectivity index (χ1n) is 5.92. The zero-order valence-corrected chi connectivity index (χ0v) is 10.3. The number of aryl methyl sites for hydroxylation is 1. The molecule has 0 amide bonds. The van der Waals surface area contributed by atoms with Crippen molar-refractivity contribution < 1.29 is 4.52 Å². The Kier molecular flexibility index (Phi) is 3.58.